The predicted octanol–water partition coefficient (Wildman–Crippen LogP) is 5.91. The van der Waals surface area contributed by atoms with Gasteiger partial charge in [-0.15, -0.1) is 12.4 Å². The van der Waals surface area contributed by atoms with E-state index in [-0.39, 0.29) is 36.1 Å². The Morgan fingerprint density at radius 3 is 1.72 bits per heavy atom. The Kier molecular flexibility index (Phi) is 14.3. The zero-order valence-corrected chi connectivity index (χ0v) is 24.3. The van der Waals surface area contributed by atoms with E-state index in [9.17, 15) is 9.59 Å². The van der Waals surface area contributed by atoms with Crippen LogP contribution in [-0.2, 0) is 9.59 Å². The van der Waals surface area contributed by atoms with E-state index in [1.165, 1.54) is 0 Å². The zero-order valence-electron chi connectivity index (χ0n) is 23.5. The van der Waals surface area contributed by atoms with Crippen LogP contribution < -0.4 is 26.8 Å². The first-order chi connectivity index (χ1) is 18.4. The first kappa shape index (κ1) is 32.6. The number of carbonyl (C=O) groups excluding carboxylic acids is 2. The predicted molar refractivity (Wildman–Crippen MR) is 162 cm³/mol. The van der Waals surface area contributed by atoms with Gasteiger partial charge < -0.3 is 26.8 Å². The van der Waals surface area contributed by atoms with Gasteiger partial charge in [-0.2, -0.15) is 0 Å². The molecule has 39 heavy (non-hydrogen) atoms. The molecular weight excluding hydrogens is 512 g/mol. The maximum Gasteiger partial charge on any atom is 0.227 e. The van der Waals surface area contributed by atoms with Gasteiger partial charge in [0.25, 0.3) is 0 Å². The van der Waals surface area contributed by atoms with Gasteiger partial charge in [-0.3, -0.25) is 9.59 Å². The van der Waals surface area contributed by atoms with Crippen LogP contribution in [0.1, 0.15) is 63.9 Å². The monoisotopic (exact) mass is 558 g/mol. The molecule has 0 spiro atoms. The average molecular weight is 559 g/mol. The molecule has 0 unspecified atom stereocenters. The number of carbonyl (C=O) groups is 2. The minimum Gasteiger partial charge on any atom is -0.494 e. The molecule has 2 aromatic carbocycles. The van der Waals surface area contributed by atoms with E-state index in [0.29, 0.717) is 18.4 Å². The van der Waals surface area contributed by atoms with Gasteiger partial charge in [0.2, 0.25) is 11.8 Å². The molecule has 2 aliphatic carbocycles. The van der Waals surface area contributed by atoms with Gasteiger partial charge in [0.15, 0.2) is 0 Å². The van der Waals surface area contributed by atoms with Gasteiger partial charge in [0, 0.05) is 23.2 Å². The largest absolute Gasteiger partial charge is 0.494 e. The summed E-state index contributed by atoms with van der Waals surface area (Å²) in [5.74, 6) is 2.63. The molecule has 2 saturated carbocycles. The first-order valence-corrected chi connectivity index (χ1v) is 14.2. The molecule has 2 aliphatic rings. The molecular formula is C31H47ClN4O3. The number of benzene rings is 2. The number of nitrogens with two attached hydrogens (primary N) is 2. The molecule has 0 aliphatic heterocycles. The maximum absolute atomic E-state index is 12.2. The van der Waals surface area contributed by atoms with Crippen LogP contribution >= 0.6 is 12.4 Å². The van der Waals surface area contributed by atoms with Crippen molar-refractivity contribution in [2.45, 2.75) is 65.2 Å². The van der Waals surface area contributed by atoms with Crippen molar-refractivity contribution in [2.24, 2.45) is 35.1 Å². The van der Waals surface area contributed by atoms with E-state index < -0.39 is 0 Å². The van der Waals surface area contributed by atoms with Crippen molar-refractivity contribution in [3.8, 4) is 5.75 Å². The average Bonchev–Trinajstić information content (AvgIpc) is 2.96. The SMILES string of the molecule is CCOc1ccc(NC(=O)[C@H]2CC[C@H](CN)CC2)cc1.Cc1ccccc1NC(=O)[C@H]1CC[C@H](CN)CC1.Cl. The normalized spacial score (nSPS) is 22.4. The van der Waals surface area contributed by atoms with Crippen LogP contribution in [-0.4, -0.2) is 31.5 Å². The van der Waals surface area contributed by atoms with Crippen molar-refractivity contribution >= 4 is 35.6 Å². The molecule has 2 fully saturated rings. The van der Waals surface area contributed by atoms with E-state index in [1.54, 1.807) is 0 Å². The Balaban J connectivity index is 0.000000268. The molecule has 7 nitrogen and oxygen atoms in total. The number of halogens is 1. The fourth-order valence-corrected chi connectivity index (χ4v) is 5.31. The van der Waals surface area contributed by atoms with Crippen molar-refractivity contribution in [1.82, 2.24) is 0 Å². The van der Waals surface area contributed by atoms with Gasteiger partial charge in [0.1, 0.15) is 5.75 Å². The number of hydrogen-bond acceptors (Lipinski definition) is 5. The molecule has 2 amide bonds. The van der Waals surface area contributed by atoms with Crippen LogP contribution in [0, 0.1) is 30.6 Å². The molecule has 0 saturated heterocycles. The van der Waals surface area contributed by atoms with Crippen LogP contribution in [0.5, 0.6) is 5.75 Å². The highest BCUT2D eigenvalue weighted by Crippen LogP contribution is 2.30. The quantitative estimate of drug-likeness (QED) is 0.321. The molecule has 0 atom stereocenters. The van der Waals surface area contributed by atoms with E-state index in [2.05, 4.69) is 10.6 Å². The number of nitrogens with one attached hydrogen (secondary N) is 2. The Hall–Kier alpha value is -2.61. The molecule has 8 heteroatoms. The molecule has 0 aromatic heterocycles. The Morgan fingerprint density at radius 2 is 1.26 bits per heavy atom. The summed E-state index contributed by atoms with van der Waals surface area (Å²) in [6.45, 7) is 6.11. The van der Waals surface area contributed by atoms with E-state index >= 15 is 0 Å². The van der Waals surface area contributed by atoms with Gasteiger partial charge in [-0.25, -0.2) is 0 Å². The number of aryl methyl sites for hydroxylation is 1. The highest BCUT2D eigenvalue weighted by Gasteiger charge is 2.26. The molecule has 0 heterocycles. The highest BCUT2D eigenvalue weighted by atomic mass is 35.5. The Bertz CT molecular complexity index is 1000. The van der Waals surface area contributed by atoms with Gasteiger partial charge in [-0.05, 0) is 126 Å². The van der Waals surface area contributed by atoms with Crippen molar-refractivity contribution in [3.05, 3.63) is 54.1 Å². The lowest BCUT2D eigenvalue weighted by Gasteiger charge is -2.26. The fraction of sp³-hybridized carbons (Fsp3) is 0.548. The third kappa shape index (κ3) is 10.5. The zero-order chi connectivity index (χ0) is 27.3. The summed E-state index contributed by atoms with van der Waals surface area (Å²) in [4.78, 5) is 24.4. The highest BCUT2D eigenvalue weighted by molar-refractivity contribution is 5.93. The topological polar surface area (TPSA) is 119 Å². The Morgan fingerprint density at radius 1 is 0.769 bits per heavy atom. The number of amides is 2. The molecule has 0 radical (unpaired) electrons. The van der Waals surface area contributed by atoms with Crippen molar-refractivity contribution in [1.29, 1.82) is 0 Å². The number of ether oxygens (including phenoxy) is 1. The van der Waals surface area contributed by atoms with Crippen LogP contribution in [0.4, 0.5) is 11.4 Å². The second-order valence-corrected chi connectivity index (χ2v) is 10.7. The second kappa shape index (κ2) is 17.2. The van der Waals surface area contributed by atoms with Crippen molar-refractivity contribution in [2.75, 3.05) is 30.3 Å². The summed E-state index contributed by atoms with van der Waals surface area (Å²) in [5.41, 5.74) is 14.2. The third-order valence-corrected chi connectivity index (χ3v) is 7.94. The summed E-state index contributed by atoms with van der Waals surface area (Å²) in [7, 11) is 0. The number of rotatable bonds is 8. The standard InChI is InChI=1S/C16H24N2O2.C15H22N2O.ClH/c1-2-20-15-9-7-14(8-10-15)18-16(19)13-5-3-12(11-17)4-6-13;1-11-4-2-3-5-14(11)17-15(18)13-8-6-12(10-16)7-9-13;/h7-10,12-13H,2-6,11,17H2,1H3,(H,18,19);2-5,12-13H,6-10,16H2,1H3,(H,17,18);1H/t2*12-,13-;. The van der Waals surface area contributed by atoms with Gasteiger partial charge in [0.05, 0.1) is 6.61 Å². The lowest BCUT2D eigenvalue weighted by Crippen LogP contribution is -2.29. The van der Waals surface area contributed by atoms with Gasteiger partial charge >= 0.3 is 0 Å². The smallest absolute Gasteiger partial charge is 0.227 e. The summed E-state index contributed by atoms with van der Waals surface area (Å²) < 4.78 is 5.38. The fourth-order valence-electron chi connectivity index (χ4n) is 5.31. The number of anilines is 2. The molecule has 216 valence electrons. The van der Waals surface area contributed by atoms with Gasteiger partial charge in [-0.1, -0.05) is 18.2 Å². The van der Waals surface area contributed by atoms with Crippen LogP contribution in [0.25, 0.3) is 0 Å². The lowest BCUT2D eigenvalue weighted by atomic mass is 9.81. The third-order valence-electron chi connectivity index (χ3n) is 7.94. The summed E-state index contributed by atoms with van der Waals surface area (Å²) >= 11 is 0. The van der Waals surface area contributed by atoms with E-state index in [1.807, 2.05) is 62.4 Å². The van der Waals surface area contributed by atoms with Crippen LogP contribution in [0.3, 0.4) is 0 Å². The Labute approximate surface area is 240 Å². The lowest BCUT2D eigenvalue weighted by molar-refractivity contribution is -0.121. The van der Waals surface area contributed by atoms with Crippen LogP contribution in [0.2, 0.25) is 0 Å². The van der Waals surface area contributed by atoms with Crippen molar-refractivity contribution < 1.29 is 14.3 Å². The minimum atomic E-state index is 0. The second-order valence-electron chi connectivity index (χ2n) is 10.7. The summed E-state index contributed by atoms with van der Waals surface area (Å²) in [5, 5.41) is 6.03. The van der Waals surface area contributed by atoms with E-state index in [0.717, 1.165) is 87.1 Å². The molecule has 2 aromatic rings. The first-order valence-electron chi connectivity index (χ1n) is 14.2. The van der Waals surface area contributed by atoms with Crippen molar-refractivity contribution in [3.63, 3.8) is 0 Å². The number of para-hydroxylation sites is 1. The minimum absolute atomic E-state index is 0. The van der Waals surface area contributed by atoms with Crippen LogP contribution in [0.15, 0.2) is 48.5 Å². The maximum atomic E-state index is 12.2. The summed E-state index contributed by atoms with van der Waals surface area (Å²) in [6.07, 6.45) is 8.15. The molecule has 6 N–H and O–H groups in total. The molecule has 0 bridgehead atoms. The molecule has 4 rings (SSSR count). The summed E-state index contributed by atoms with van der Waals surface area (Å²) in [6, 6.07) is 15.4. The number of hydrogen-bond donors (Lipinski definition) is 4. The van der Waals surface area contributed by atoms with E-state index in [4.69, 9.17) is 16.2 Å².